The van der Waals surface area contributed by atoms with E-state index in [2.05, 4.69) is 60.7 Å². The molecular weight excluding hydrogens is 442 g/mol. The molecule has 5 rings (SSSR count). The Balaban J connectivity index is 1.21. The number of hydrogen-bond acceptors (Lipinski definition) is 4. The molecule has 0 spiro atoms. The summed E-state index contributed by atoms with van der Waals surface area (Å²) < 4.78 is 7.73. The van der Waals surface area contributed by atoms with E-state index >= 15 is 0 Å². The lowest BCUT2D eigenvalue weighted by Gasteiger charge is -2.07. The summed E-state index contributed by atoms with van der Waals surface area (Å²) in [5.41, 5.74) is 5.27. The Morgan fingerprint density at radius 1 is 1.03 bits per heavy atom. The number of fused-ring (bicyclic) bond motifs is 1. The lowest BCUT2D eigenvalue weighted by Crippen LogP contribution is -2.09. The Kier molecular flexibility index (Phi) is 6.14. The zero-order chi connectivity index (χ0) is 23.5. The average molecular weight is 468 g/mol. The molecule has 6 heteroatoms. The van der Waals surface area contributed by atoms with Crippen LogP contribution in [-0.2, 0) is 13.2 Å². The van der Waals surface area contributed by atoms with Gasteiger partial charge >= 0.3 is 0 Å². The molecule has 170 valence electrons. The molecule has 0 aliphatic heterocycles. The predicted molar refractivity (Wildman–Crippen MR) is 138 cm³/mol. The van der Waals surface area contributed by atoms with Gasteiger partial charge < -0.3 is 10.1 Å². The third-order valence-electron chi connectivity index (χ3n) is 5.86. The minimum absolute atomic E-state index is 0.146. The molecular formula is C28H25N3O2S. The normalized spacial score (nSPS) is 11.0. The van der Waals surface area contributed by atoms with Crippen LogP contribution in [-0.4, -0.2) is 15.7 Å². The minimum atomic E-state index is -0.146. The third-order valence-corrected chi connectivity index (χ3v) is 6.84. The number of rotatable bonds is 7. The number of nitrogens with one attached hydrogen (secondary N) is 1. The van der Waals surface area contributed by atoms with Gasteiger partial charge in [-0.25, -0.2) is 0 Å². The average Bonchev–Trinajstić information content (AvgIpc) is 3.50. The summed E-state index contributed by atoms with van der Waals surface area (Å²) in [5.74, 6) is 0.686. The van der Waals surface area contributed by atoms with Crippen LogP contribution in [0.25, 0.3) is 10.8 Å². The van der Waals surface area contributed by atoms with E-state index in [9.17, 15) is 4.79 Å². The second-order valence-corrected chi connectivity index (χ2v) is 9.28. The maximum Gasteiger partial charge on any atom is 0.265 e. The van der Waals surface area contributed by atoms with E-state index in [0.29, 0.717) is 23.7 Å². The molecule has 1 amide bonds. The molecule has 2 aromatic heterocycles. The van der Waals surface area contributed by atoms with Crippen LogP contribution >= 0.6 is 11.3 Å². The third kappa shape index (κ3) is 4.87. The molecule has 34 heavy (non-hydrogen) atoms. The number of amides is 1. The molecule has 0 bridgehead atoms. The van der Waals surface area contributed by atoms with Gasteiger partial charge in [0.05, 0.1) is 23.3 Å². The first-order chi connectivity index (χ1) is 16.5. The molecule has 0 saturated carbocycles. The van der Waals surface area contributed by atoms with Crippen LogP contribution in [0.3, 0.4) is 0 Å². The highest BCUT2D eigenvalue weighted by atomic mass is 32.1. The van der Waals surface area contributed by atoms with E-state index in [1.807, 2.05) is 46.6 Å². The Labute approximate surface area is 202 Å². The zero-order valence-corrected chi connectivity index (χ0v) is 19.9. The van der Waals surface area contributed by atoms with Gasteiger partial charge in [0.1, 0.15) is 12.4 Å². The first-order valence-electron chi connectivity index (χ1n) is 11.1. The quantitative estimate of drug-likeness (QED) is 0.294. The molecule has 2 heterocycles. The van der Waals surface area contributed by atoms with Crippen LogP contribution in [0.15, 0.2) is 84.5 Å². The highest BCUT2D eigenvalue weighted by Gasteiger charge is 2.12. The lowest BCUT2D eigenvalue weighted by atomic mass is 10.0. The van der Waals surface area contributed by atoms with Gasteiger partial charge in [0.15, 0.2) is 0 Å². The summed E-state index contributed by atoms with van der Waals surface area (Å²) >= 11 is 1.41. The number of carbonyl (C=O) groups is 1. The summed E-state index contributed by atoms with van der Waals surface area (Å²) in [6.07, 6.45) is 3.54. The number of aryl methyl sites for hydroxylation is 2. The fourth-order valence-electron chi connectivity index (χ4n) is 3.85. The number of hydrogen-bond donors (Lipinski definition) is 1. The summed E-state index contributed by atoms with van der Waals surface area (Å²) in [6, 6.07) is 22.5. The second-order valence-electron chi connectivity index (χ2n) is 8.37. The van der Waals surface area contributed by atoms with E-state index in [-0.39, 0.29) is 5.91 Å². The molecule has 5 nitrogen and oxygen atoms in total. The van der Waals surface area contributed by atoms with Crippen LogP contribution in [0.4, 0.5) is 5.69 Å². The summed E-state index contributed by atoms with van der Waals surface area (Å²) in [7, 11) is 0. The number of ether oxygens (including phenoxy) is 1. The van der Waals surface area contributed by atoms with Gasteiger partial charge in [0.25, 0.3) is 5.91 Å². The Morgan fingerprint density at radius 2 is 1.88 bits per heavy atom. The molecule has 0 radical (unpaired) electrons. The predicted octanol–water partition coefficient (Wildman–Crippen LogP) is 6.59. The van der Waals surface area contributed by atoms with Gasteiger partial charge in [-0.1, -0.05) is 48.5 Å². The highest BCUT2D eigenvalue weighted by molar-refractivity contribution is 7.12. The van der Waals surface area contributed by atoms with Gasteiger partial charge in [-0.05, 0) is 64.9 Å². The Hall–Kier alpha value is -3.90. The van der Waals surface area contributed by atoms with Gasteiger partial charge in [-0.3, -0.25) is 9.48 Å². The molecule has 5 aromatic rings. The fraction of sp³-hybridized carbons (Fsp3) is 0.143. The smallest absolute Gasteiger partial charge is 0.265 e. The van der Waals surface area contributed by atoms with Gasteiger partial charge in [-0.15, -0.1) is 11.3 Å². The van der Waals surface area contributed by atoms with E-state index in [4.69, 9.17) is 4.74 Å². The standard InChI is InChI=1S/C28H25N3O2S/c1-19-10-11-25(12-20(19)2)33-17-21-13-27(34-18-21)28(32)30-24-14-29-31(16-24)15-23-8-5-7-22-6-3-4-9-26(22)23/h3-14,16,18H,15,17H2,1-2H3,(H,30,32). The van der Waals surface area contributed by atoms with Gasteiger partial charge in [-0.2, -0.15) is 5.10 Å². The fourth-order valence-corrected chi connectivity index (χ4v) is 4.64. The molecule has 3 aromatic carbocycles. The Bertz CT molecular complexity index is 1460. The lowest BCUT2D eigenvalue weighted by molar-refractivity contribution is 0.103. The van der Waals surface area contributed by atoms with Crippen molar-refractivity contribution in [3.63, 3.8) is 0 Å². The van der Waals surface area contributed by atoms with Crippen LogP contribution in [0.1, 0.15) is 31.9 Å². The zero-order valence-electron chi connectivity index (χ0n) is 19.1. The number of anilines is 1. The van der Waals surface area contributed by atoms with Crippen LogP contribution < -0.4 is 10.1 Å². The van der Waals surface area contributed by atoms with Gasteiger partial charge in [0, 0.05) is 11.8 Å². The van der Waals surface area contributed by atoms with Crippen molar-refractivity contribution in [2.24, 2.45) is 0 Å². The van der Waals surface area contributed by atoms with E-state index in [1.54, 1.807) is 6.20 Å². The van der Waals surface area contributed by atoms with Crippen LogP contribution in [0, 0.1) is 13.8 Å². The summed E-state index contributed by atoms with van der Waals surface area (Å²) in [5, 5.41) is 11.8. The van der Waals surface area contributed by atoms with Crippen molar-refractivity contribution < 1.29 is 9.53 Å². The molecule has 0 unspecified atom stereocenters. The van der Waals surface area contributed by atoms with E-state index in [0.717, 1.165) is 11.3 Å². The number of aromatic nitrogens is 2. The summed E-state index contributed by atoms with van der Waals surface area (Å²) in [6.45, 7) is 5.21. The largest absolute Gasteiger partial charge is 0.489 e. The number of nitrogens with zero attached hydrogens (tertiary/aromatic N) is 2. The molecule has 0 saturated heterocycles. The van der Waals surface area contributed by atoms with Crippen LogP contribution in [0.5, 0.6) is 5.75 Å². The van der Waals surface area contributed by atoms with Gasteiger partial charge in [0.2, 0.25) is 0 Å². The summed E-state index contributed by atoms with van der Waals surface area (Å²) in [4.78, 5) is 13.4. The van der Waals surface area contributed by atoms with Crippen molar-refractivity contribution in [2.45, 2.75) is 27.0 Å². The van der Waals surface area contributed by atoms with Crippen molar-refractivity contribution in [1.29, 1.82) is 0 Å². The van der Waals surface area contributed by atoms with Crippen molar-refractivity contribution in [2.75, 3.05) is 5.32 Å². The highest BCUT2D eigenvalue weighted by Crippen LogP contribution is 2.22. The topological polar surface area (TPSA) is 56.1 Å². The number of thiophene rings is 1. The number of carbonyl (C=O) groups excluding carboxylic acids is 1. The van der Waals surface area contributed by atoms with E-state index < -0.39 is 0 Å². The second kappa shape index (κ2) is 9.53. The first-order valence-corrected chi connectivity index (χ1v) is 12.0. The molecule has 0 fully saturated rings. The molecule has 1 N–H and O–H groups in total. The monoisotopic (exact) mass is 467 g/mol. The number of benzene rings is 3. The van der Waals surface area contributed by atoms with Crippen molar-refractivity contribution in [1.82, 2.24) is 9.78 Å². The Morgan fingerprint density at radius 3 is 2.76 bits per heavy atom. The van der Waals surface area contributed by atoms with Crippen molar-refractivity contribution >= 4 is 33.7 Å². The minimum Gasteiger partial charge on any atom is -0.489 e. The van der Waals surface area contributed by atoms with Crippen molar-refractivity contribution in [3.05, 3.63) is 112 Å². The SMILES string of the molecule is Cc1ccc(OCc2csc(C(=O)Nc3cnn(Cc4cccc5ccccc45)c3)c2)cc1C. The van der Waals surface area contributed by atoms with Crippen LogP contribution in [0.2, 0.25) is 0 Å². The molecule has 0 aliphatic rings. The molecule has 0 aliphatic carbocycles. The molecule has 0 atom stereocenters. The maximum atomic E-state index is 12.7. The first kappa shape index (κ1) is 21.9. The van der Waals surface area contributed by atoms with Crippen molar-refractivity contribution in [3.8, 4) is 5.75 Å². The van der Waals surface area contributed by atoms with E-state index in [1.165, 1.54) is 38.8 Å². The maximum absolute atomic E-state index is 12.7.